The highest BCUT2D eigenvalue weighted by Gasteiger charge is 2.33. The van der Waals surface area contributed by atoms with Gasteiger partial charge in [0.15, 0.2) is 0 Å². The van der Waals surface area contributed by atoms with E-state index in [2.05, 4.69) is 10.6 Å². The first kappa shape index (κ1) is 32.9. The van der Waals surface area contributed by atoms with Crippen molar-refractivity contribution in [1.82, 2.24) is 9.21 Å². The van der Waals surface area contributed by atoms with Gasteiger partial charge >= 0.3 is 6.03 Å². The van der Waals surface area contributed by atoms with Gasteiger partial charge < -0.3 is 25.4 Å². The van der Waals surface area contributed by atoms with Gasteiger partial charge in [-0.05, 0) is 55.6 Å². The summed E-state index contributed by atoms with van der Waals surface area (Å²) in [6.07, 6.45) is -0.659. The molecule has 10 nitrogen and oxygen atoms in total. The molecule has 3 amide bonds. The third kappa shape index (κ3) is 7.33. The third-order valence-electron chi connectivity index (χ3n) is 8.38. The van der Waals surface area contributed by atoms with E-state index in [9.17, 15) is 23.1 Å². The Balaban J connectivity index is 1.41. The van der Waals surface area contributed by atoms with Gasteiger partial charge in [0.2, 0.25) is 15.9 Å². The summed E-state index contributed by atoms with van der Waals surface area (Å²) in [6.45, 7) is 5.62. The van der Waals surface area contributed by atoms with Gasteiger partial charge in [-0.1, -0.05) is 61.0 Å². The van der Waals surface area contributed by atoms with Crippen molar-refractivity contribution in [2.24, 2.45) is 5.92 Å². The zero-order chi connectivity index (χ0) is 33.0. The van der Waals surface area contributed by atoms with Gasteiger partial charge in [0.25, 0.3) is 0 Å². The molecule has 46 heavy (non-hydrogen) atoms. The molecule has 3 atom stereocenters. The summed E-state index contributed by atoms with van der Waals surface area (Å²) in [5.74, 6) is -0.0782. The monoisotopic (exact) mass is 644 g/mol. The van der Waals surface area contributed by atoms with Crippen LogP contribution in [0.2, 0.25) is 0 Å². The fourth-order valence-electron chi connectivity index (χ4n) is 5.59. The number of amides is 3. The van der Waals surface area contributed by atoms with Crippen LogP contribution in [0.1, 0.15) is 25.0 Å². The van der Waals surface area contributed by atoms with Crippen LogP contribution < -0.4 is 15.4 Å². The summed E-state index contributed by atoms with van der Waals surface area (Å²) in [5.41, 5.74) is 2.60. The SMILES string of the molecule is Cc1ccc(S(=O)(=O)N(C)C[C@@H]2Oc3ccc(NC(=O)Nc4cccc5ccccc45)cc3CC(=O)N([C@H](C)CO)C[C@@H]2C)cc1. The number of carbonyl (C=O) groups is 2. The van der Waals surface area contributed by atoms with Crippen LogP contribution in [0.3, 0.4) is 0 Å². The van der Waals surface area contributed by atoms with Gasteiger partial charge in [0.05, 0.1) is 36.2 Å². The molecule has 0 bridgehead atoms. The molecule has 4 aromatic rings. The Bertz CT molecular complexity index is 1820. The second kappa shape index (κ2) is 13.9. The van der Waals surface area contributed by atoms with Crippen LogP contribution in [0, 0.1) is 12.8 Å². The molecular weight excluding hydrogens is 604 g/mol. The van der Waals surface area contributed by atoms with Crippen molar-refractivity contribution in [3.05, 3.63) is 96.1 Å². The van der Waals surface area contributed by atoms with E-state index in [-0.39, 0.29) is 42.8 Å². The highest BCUT2D eigenvalue weighted by atomic mass is 32.2. The van der Waals surface area contributed by atoms with Crippen LogP contribution in [0.15, 0.2) is 89.8 Å². The van der Waals surface area contributed by atoms with E-state index in [1.807, 2.05) is 56.3 Å². The van der Waals surface area contributed by atoms with Crippen LogP contribution in [-0.4, -0.2) is 73.6 Å². The molecule has 0 fully saturated rings. The van der Waals surface area contributed by atoms with Crippen LogP contribution >= 0.6 is 0 Å². The number of sulfonamides is 1. The van der Waals surface area contributed by atoms with Gasteiger partial charge in [-0.25, -0.2) is 13.2 Å². The number of ether oxygens (including phenoxy) is 1. The number of likely N-dealkylation sites (N-methyl/N-ethyl adjacent to an activating group) is 1. The summed E-state index contributed by atoms with van der Waals surface area (Å²) in [6, 6.07) is 24.2. The summed E-state index contributed by atoms with van der Waals surface area (Å²) in [5, 5.41) is 17.6. The Labute approximate surface area is 270 Å². The average molecular weight is 645 g/mol. The van der Waals surface area contributed by atoms with E-state index in [1.54, 1.807) is 54.3 Å². The smallest absolute Gasteiger partial charge is 0.323 e. The molecule has 5 rings (SSSR count). The highest BCUT2D eigenvalue weighted by molar-refractivity contribution is 7.89. The van der Waals surface area contributed by atoms with Crippen molar-refractivity contribution in [1.29, 1.82) is 0 Å². The predicted molar refractivity (Wildman–Crippen MR) is 180 cm³/mol. The first-order valence-electron chi connectivity index (χ1n) is 15.2. The van der Waals surface area contributed by atoms with Crippen molar-refractivity contribution in [3.63, 3.8) is 0 Å². The second-order valence-corrected chi connectivity index (χ2v) is 14.0. The number of urea groups is 1. The van der Waals surface area contributed by atoms with Crippen LogP contribution in [0.4, 0.5) is 16.2 Å². The van der Waals surface area contributed by atoms with Gasteiger partial charge in [-0.3, -0.25) is 4.79 Å². The minimum absolute atomic E-state index is 0.0276. The zero-order valence-corrected chi connectivity index (χ0v) is 27.3. The Kier molecular flexibility index (Phi) is 9.95. The van der Waals surface area contributed by atoms with E-state index in [4.69, 9.17) is 4.74 Å². The molecule has 1 aliphatic rings. The van der Waals surface area contributed by atoms with Gasteiger partial charge in [-0.2, -0.15) is 4.31 Å². The molecule has 4 aromatic carbocycles. The maximum atomic E-state index is 13.6. The predicted octanol–water partition coefficient (Wildman–Crippen LogP) is 5.26. The molecule has 0 saturated carbocycles. The first-order chi connectivity index (χ1) is 22.0. The number of rotatable bonds is 8. The van der Waals surface area contributed by atoms with Crippen molar-refractivity contribution >= 4 is 44.1 Å². The zero-order valence-electron chi connectivity index (χ0n) is 26.4. The van der Waals surface area contributed by atoms with Crippen molar-refractivity contribution in [2.75, 3.05) is 37.4 Å². The number of aryl methyl sites for hydroxylation is 1. The maximum Gasteiger partial charge on any atom is 0.323 e. The molecule has 3 N–H and O–H groups in total. The first-order valence-corrected chi connectivity index (χ1v) is 16.7. The average Bonchev–Trinajstić information content (AvgIpc) is 3.08. The normalized spacial score (nSPS) is 17.8. The van der Waals surface area contributed by atoms with Gasteiger partial charge in [-0.15, -0.1) is 0 Å². The number of hydrogen-bond acceptors (Lipinski definition) is 6. The number of hydrogen-bond donors (Lipinski definition) is 3. The number of fused-ring (bicyclic) bond motifs is 2. The lowest BCUT2D eigenvalue weighted by Crippen LogP contribution is -2.48. The van der Waals surface area contributed by atoms with E-state index in [0.717, 1.165) is 16.3 Å². The van der Waals surface area contributed by atoms with Crippen molar-refractivity contribution < 1.29 is 27.9 Å². The summed E-state index contributed by atoms with van der Waals surface area (Å²) in [4.78, 5) is 28.4. The summed E-state index contributed by atoms with van der Waals surface area (Å²) < 4.78 is 34.6. The van der Waals surface area contributed by atoms with Crippen LogP contribution in [0.25, 0.3) is 10.8 Å². The number of carbonyl (C=O) groups excluding carboxylic acids is 2. The van der Waals surface area contributed by atoms with E-state index >= 15 is 0 Å². The van der Waals surface area contributed by atoms with E-state index in [0.29, 0.717) is 22.7 Å². The quantitative estimate of drug-likeness (QED) is 0.240. The Morgan fingerprint density at radius 1 is 1.04 bits per heavy atom. The number of nitrogens with zero attached hydrogens (tertiary/aromatic N) is 2. The molecule has 242 valence electrons. The van der Waals surface area contributed by atoms with Crippen LogP contribution in [0.5, 0.6) is 5.75 Å². The molecule has 0 saturated heterocycles. The summed E-state index contributed by atoms with van der Waals surface area (Å²) >= 11 is 0. The molecule has 11 heteroatoms. The Morgan fingerprint density at radius 3 is 2.50 bits per heavy atom. The fraction of sp³-hybridized carbons (Fsp3) is 0.314. The largest absolute Gasteiger partial charge is 0.488 e. The second-order valence-electron chi connectivity index (χ2n) is 11.9. The third-order valence-corrected chi connectivity index (χ3v) is 10.2. The number of anilines is 2. The van der Waals surface area contributed by atoms with Crippen molar-refractivity contribution in [2.45, 2.75) is 44.2 Å². The highest BCUT2D eigenvalue weighted by Crippen LogP contribution is 2.30. The lowest BCUT2D eigenvalue weighted by Gasteiger charge is -2.33. The lowest BCUT2D eigenvalue weighted by molar-refractivity contribution is -0.134. The van der Waals surface area contributed by atoms with Gasteiger partial charge in [0.1, 0.15) is 11.9 Å². The lowest BCUT2D eigenvalue weighted by atomic mass is 10.0. The molecular formula is C35H40N4O6S. The van der Waals surface area contributed by atoms with E-state index < -0.39 is 28.2 Å². The standard InChI is InChI=1S/C35H40N4O6S/c1-23-12-15-29(16-13-23)46(43,44)38(4)21-33-24(2)20-39(25(3)22-40)34(41)19-27-18-28(14-17-32(27)45-33)36-35(42)37-31-11-7-9-26-8-5-6-10-30(26)31/h5-18,24-25,33,40H,19-22H2,1-4H3,(H2,36,37,42)/t24-,25+,33-/m0/s1. The van der Waals surface area contributed by atoms with E-state index in [1.165, 1.54) is 11.4 Å². The number of aliphatic hydroxyl groups excluding tert-OH is 1. The van der Waals surface area contributed by atoms with Crippen LogP contribution in [-0.2, 0) is 21.2 Å². The van der Waals surface area contributed by atoms with Gasteiger partial charge in [0, 0.05) is 36.1 Å². The van der Waals surface area contributed by atoms with Crippen molar-refractivity contribution in [3.8, 4) is 5.75 Å². The molecule has 0 spiro atoms. The summed E-state index contributed by atoms with van der Waals surface area (Å²) in [7, 11) is -2.30. The molecule has 0 aromatic heterocycles. The minimum Gasteiger partial charge on any atom is -0.488 e. The fourth-order valence-corrected chi connectivity index (χ4v) is 6.77. The molecule has 0 unspecified atom stereocenters. The Hall–Kier alpha value is -4.45. The number of benzene rings is 4. The molecule has 1 aliphatic heterocycles. The Morgan fingerprint density at radius 2 is 1.76 bits per heavy atom. The molecule has 0 radical (unpaired) electrons. The maximum absolute atomic E-state index is 13.6. The topological polar surface area (TPSA) is 128 Å². The molecule has 1 heterocycles. The minimum atomic E-state index is -3.81. The number of nitrogens with one attached hydrogen (secondary N) is 2. The molecule has 0 aliphatic carbocycles. The number of aliphatic hydroxyl groups is 1.